The molecule has 0 aromatic heterocycles. The Bertz CT molecular complexity index is 739. The molecule has 0 aliphatic carbocycles. The predicted molar refractivity (Wildman–Crippen MR) is 104 cm³/mol. The normalized spacial score (nSPS) is 14.6. The van der Waals surface area contributed by atoms with E-state index in [1.165, 1.54) is 11.1 Å². The Morgan fingerprint density at radius 3 is 2.42 bits per heavy atom. The summed E-state index contributed by atoms with van der Waals surface area (Å²) in [7, 11) is 0. The Labute approximate surface area is 148 Å². The Balaban J connectivity index is 1.61. The SMILES string of the molecule is Cc1cccc(NC(=S)N2CCN(c3ccccc3O)CC2)c1C. The largest absolute Gasteiger partial charge is 0.506 e. The number of hydrogen-bond acceptors (Lipinski definition) is 3. The molecule has 1 saturated heterocycles. The molecule has 0 unspecified atom stereocenters. The molecule has 0 amide bonds. The smallest absolute Gasteiger partial charge is 0.173 e. The molecule has 1 fully saturated rings. The Morgan fingerprint density at radius 1 is 1.00 bits per heavy atom. The number of phenols is 1. The maximum Gasteiger partial charge on any atom is 0.173 e. The van der Waals surface area contributed by atoms with Crippen molar-refractivity contribution in [3.63, 3.8) is 0 Å². The van der Waals surface area contributed by atoms with E-state index < -0.39 is 0 Å². The fraction of sp³-hybridized carbons (Fsp3) is 0.316. The molecule has 5 heteroatoms. The molecular weight excluding hydrogens is 318 g/mol. The second-order valence-electron chi connectivity index (χ2n) is 6.14. The van der Waals surface area contributed by atoms with Gasteiger partial charge in [-0.2, -0.15) is 0 Å². The number of aryl methyl sites for hydroxylation is 1. The van der Waals surface area contributed by atoms with Crippen LogP contribution in [0.1, 0.15) is 11.1 Å². The van der Waals surface area contributed by atoms with E-state index in [0.29, 0.717) is 5.75 Å². The number of anilines is 2. The van der Waals surface area contributed by atoms with Crippen LogP contribution in [0.3, 0.4) is 0 Å². The van der Waals surface area contributed by atoms with Crippen molar-refractivity contribution < 1.29 is 5.11 Å². The molecule has 0 bridgehead atoms. The van der Waals surface area contributed by atoms with Crippen LogP contribution in [-0.4, -0.2) is 41.3 Å². The summed E-state index contributed by atoms with van der Waals surface area (Å²) in [5.41, 5.74) is 4.45. The van der Waals surface area contributed by atoms with E-state index >= 15 is 0 Å². The van der Waals surface area contributed by atoms with Gasteiger partial charge in [-0.25, -0.2) is 0 Å². The van der Waals surface area contributed by atoms with Gasteiger partial charge in [-0.1, -0.05) is 24.3 Å². The standard InChI is InChI=1S/C19H23N3OS/c1-14-6-5-7-16(15(14)2)20-19(24)22-12-10-21(11-13-22)17-8-3-4-9-18(17)23/h3-9,23H,10-13H2,1-2H3,(H,20,24). The van der Waals surface area contributed by atoms with Gasteiger partial charge in [0.05, 0.1) is 5.69 Å². The topological polar surface area (TPSA) is 38.7 Å². The first-order valence-corrected chi connectivity index (χ1v) is 8.62. The molecule has 2 aromatic carbocycles. The monoisotopic (exact) mass is 341 g/mol. The second-order valence-corrected chi connectivity index (χ2v) is 6.53. The fourth-order valence-corrected chi connectivity index (χ4v) is 3.26. The maximum atomic E-state index is 10.00. The van der Waals surface area contributed by atoms with Crippen LogP contribution in [0.4, 0.5) is 11.4 Å². The van der Waals surface area contributed by atoms with Crippen molar-refractivity contribution in [3.05, 3.63) is 53.6 Å². The second kappa shape index (κ2) is 7.09. The highest BCUT2D eigenvalue weighted by molar-refractivity contribution is 7.80. The summed E-state index contributed by atoms with van der Waals surface area (Å²) in [6.45, 7) is 7.57. The number of benzene rings is 2. The molecule has 1 aliphatic rings. The molecule has 0 radical (unpaired) electrons. The molecule has 0 atom stereocenters. The van der Waals surface area contributed by atoms with Crippen molar-refractivity contribution >= 4 is 28.7 Å². The van der Waals surface area contributed by atoms with Gasteiger partial charge in [0.1, 0.15) is 5.75 Å². The average molecular weight is 341 g/mol. The number of thiocarbonyl (C=S) groups is 1. The van der Waals surface area contributed by atoms with Crippen molar-refractivity contribution in [2.45, 2.75) is 13.8 Å². The minimum absolute atomic E-state index is 0.335. The minimum atomic E-state index is 0.335. The highest BCUT2D eigenvalue weighted by Gasteiger charge is 2.21. The number of piperazine rings is 1. The van der Waals surface area contributed by atoms with Crippen LogP contribution in [0, 0.1) is 13.8 Å². The average Bonchev–Trinajstić information content (AvgIpc) is 2.59. The molecule has 0 saturated carbocycles. The lowest BCUT2D eigenvalue weighted by Crippen LogP contribution is -2.50. The predicted octanol–water partition coefficient (Wildman–Crippen LogP) is 3.53. The molecule has 126 valence electrons. The Hall–Kier alpha value is -2.27. The summed E-state index contributed by atoms with van der Waals surface area (Å²) in [4.78, 5) is 4.39. The molecule has 2 aromatic rings. The van der Waals surface area contributed by atoms with Gasteiger partial charge in [0.15, 0.2) is 5.11 Å². The molecule has 4 nitrogen and oxygen atoms in total. The lowest BCUT2D eigenvalue weighted by molar-refractivity contribution is 0.387. The molecule has 0 spiro atoms. The first kappa shape index (κ1) is 16.6. The van der Waals surface area contributed by atoms with Crippen LogP contribution in [0.2, 0.25) is 0 Å². The summed E-state index contributed by atoms with van der Waals surface area (Å²) in [5, 5.41) is 14.1. The molecule has 2 N–H and O–H groups in total. The Kier molecular flexibility index (Phi) is 4.90. The number of nitrogens with zero attached hydrogens (tertiary/aromatic N) is 2. The fourth-order valence-electron chi connectivity index (χ4n) is 2.96. The summed E-state index contributed by atoms with van der Waals surface area (Å²) in [5.74, 6) is 0.335. The minimum Gasteiger partial charge on any atom is -0.506 e. The van der Waals surface area contributed by atoms with Crippen molar-refractivity contribution in [3.8, 4) is 5.75 Å². The van der Waals surface area contributed by atoms with Crippen LogP contribution in [0.15, 0.2) is 42.5 Å². The van der Waals surface area contributed by atoms with E-state index in [-0.39, 0.29) is 0 Å². The summed E-state index contributed by atoms with van der Waals surface area (Å²) < 4.78 is 0. The lowest BCUT2D eigenvalue weighted by atomic mass is 10.1. The van der Waals surface area contributed by atoms with Crippen molar-refractivity contribution in [1.82, 2.24) is 4.90 Å². The maximum absolute atomic E-state index is 10.00. The summed E-state index contributed by atoms with van der Waals surface area (Å²) in [6, 6.07) is 13.7. The van der Waals surface area contributed by atoms with Crippen LogP contribution < -0.4 is 10.2 Å². The zero-order chi connectivity index (χ0) is 17.1. The molecule has 24 heavy (non-hydrogen) atoms. The van der Waals surface area contributed by atoms with E-state index in [0.717, 1.165) is 42.7 Å². The van der Waals surface area contributed by atoms with Gasteiger partial charge in [-0.3, -0.25) is 0 Å². The quantitative estimate of drug-likeness (QED) is 0.818. The van der Waals surface area contributed by atoms with E-state index in [4.69, 9.17) is 12.2 Å². The summed E-state index contributed by atoms with van der Waals surface area (Å²) >= 11 is 5.59. The lowest BCUT2D eigenvalue weighted by Gasteiger charge is -2.37. The van der Waals surface area contributed by atoms with Gasteiger partial charge >= 0.3 is 0 Å². The number of hydrogen-bond donors (Lipinski definition) is 2. The van der Waals surface area contributed by atoms with Gasteiger partial charge in [0, 0.05) is 31.9 Å². The van der Waals surface area contributed by atoms with Gasteiger partial charge < -0.3 is 20.2 Å². The van der Waals surface area contributed by atoms with E-state index in [1.807, 2.05) is 24.3 Å². The highest BCUT2D eigenvalue weighted by atomic mass is 32.1. The van der Waals surface area contributed by atoms with Crippen molar-refractivity contribution in [2.75, 3.05) is 36.4 Å². The number of para-hydroxylation sites is 2. The first-order chi connectivity index (χ1) is 11.6. The Morgan fingerprint density at radius 2 is 1.71 bits per heavy atom. The van der Waals surface area contributed by atoms with Gasteiger partial charge in [0.25, 0.3) is 0 Å². The third-order valence-corrected chi connectivity index (χ3v) is 5.00. The van der Waals surface area contributed by atoms with Gasteiger partial charge in [-0.05, 0) is 55.4 Å². The van der Waals surface area contributed by atoms with Crippen molar-refractivity contribution in [1.29, 1.82) is 0 Å². The van der Waals surface area contributed by atoms with Crippen LogP contribution >= 0.6 is 12.2 Å². The van der Waals surface area contributed by atoms with E-state index in [1.54, 1.807) is 6.07 Å². The zero-order valence-electron chi connectivity index (χ0n) is 14.1. The third-order valence-electron chi connectivity index (χ3n) is 4.64. The third kappa shape index (κ3) is 3.46. The first-order valence-electron chi connectivity index (χ1n) is 8.21. The molecular formula is C19H23N3OS. The van der Waals surface area contributed by atoms with E-state index in [9.17, 15) is 5.11 Å². The van der Waals surface area contributed by atoms with Gasteiger partial charge in [-0.15, -0.1) is 0 Å². The zero-order valence-corrected chi connectivity index (χ0v) is 14.9. The molecule has 1 heterocycles. The molecule has 1 aliphatic heterocycles. The van der Waals surface area contributed by atoms with E-state index in [2.05, 4.69) is 41.1 Å². The number of rotatable bonds is 2. The van der Waals surface area contributed by atoms with Crippen LogP contribution in [0.25, 0.3) is 0 Å². The van der Waals surface area contributed by atoms with Crippen LogP contribution in [-0.2, 0) is 0 Å². The highest BCUT2D eigenvalue weighted by Crippen LogP contribution is 2.27. The number of aromatic hydroxyl groups is 1. The summed E-state index contributed by atoms with van der Waals surface area (Å²) in [6.07, 6.45) is 0. The van der Waals surface area contributed by atoms with Gasteiger partial charge in [0.2, 0.25) is 0 Å². The molecule has 3 rings (SSSR count). The number of phenolic OH excluding ortho intramolecular Hbond substituents is 1. The van der Waals surface area contributed by atoms with Crippen LogP contribution in [0.5, 0.6) is 5.75 Å². The van der Waals surface area contributed by atoms with Crippen molar-refractivity contribution in [2.24, 2.45) is 0 Å². The number of nitrogens with one attached hydrogen (secondary N) is 1.